The minimum absolute atomic E-state index is 0.0694. The van der Waals surface area contributed by atoms with Gasteiger partial charge < -0.3 is 15.3 Å². The van der Waals surface area contributed by atoms with Crippen LogP contribution in [0, 0.1) is 0 Å². The molecular formula is C26H38GeN3O5. The molecule has 9 heteroatoms. The summed E-state index contributed by atoms with van der Waals surface area (Å²) in [5, 5.41) is 26.9. The summed E-state index contributed by atoms with van der Waals surface area (Å²) in [6.45, 7) is 7.45. The fourth-order valence-corrected chi connectivity index (χ4v) is 3.94. The van der Waals surface area contributed by atoms with Gasteiger partial charge in [0, 0.05) is 19.6 Å². The number of hydrogen-bond donors (Lipinski definition) is 4. The van der Waals surface area contributed by atoms with E-state index in [4.69, 9.17) is 15.3 Å². The largest absolute Gasteiger partial charge is 0.395 e. The maximum absolute atomic E-state index is 12.8. The van der Waals surface area contributed by atoms with Crippen LogP contribution in [-0.4, -0.2) is 98.6 Å². The molecule has 0 aliphatic heterocycles. The zero-order valence-corrected chi connectivity index (χ0v) is 23.0. The molecule has 0 aliphatic rings. The van der Waals surface area contributed by atoms with Crippen LogP contribution in [0.15, 0.2) is 60.7 Å². The van der Waals surface area contributed by atoms with E-state index in [2.05, 4.69) is 5.43 Å². The minimum Gasteiger partial charge on any atom is -0.395 e. The Morgan fingerprint density at radius 2 is 1.31 bits per heavy atom. The average molecular weight is 545 g/mol. The Labute approximate surface area is 217 Å². The van der Waals surface area contributed by atoms with E-state index in [1.54, 1.807) is 17.0 Å². The smallest absolute Gasteiger partial charge is 0.0558 e. The van der Waals surface area contributed by atoms with Crippen molar-refractivity contribution in [2.45, 2.75) is 37.5 Å². The molecule has 1 atom stereocenters. The second-order valence-electron chi connectivity index (χ2n) is 8.89. The van der Waals surface area contributed by atoms with Crippen molar-refractivity contribution in [3.05, 3.63) is 71.8 Å². The molecule has 8 nitrogen and oxygen atoms in total. The first-order valence-corrected chi connectivity index (χ1v) is 12.8. The van der Waals surface area contributed by atoms with E-state index in [1.807, 2.05) is 85.8 Å². The van der Waals surface area contributed by atoms with Gasteiger partial charge in [-0.1, -0.05) is 0 Å². The monoisotopic (exact) mass is 546 g/mol. The van der Waals surface area contributed by atoms with Crippen LogP contribution in [0.4, 0.5) is 0 Å². The number of hydrogen-bond acceptors (Lipinski definition) is 6. The molecule has 0 saturated carbocycles. The van der Waals surface area contributed by atoms with Crippen LogP contribution in [0.2, 0.25) is 0 Å². The number of aliphatic hydroxyl groups excluding tert-OH is 3. The Morgan fingerprint density at radius 3 is 1.74 bits per heavy atom. The van der Waals surface area contributed by atoms with Gasteiger partial charge in [0.25, 0.3) is 0 Å². The summed E-state index contributed by atoms with van der Waals surface area (Å²) in [4.78, 5) is 27.1. The van der Waals surface area contributed by atoms with Crippen molar-refractivity contribution in [3.8, 4) is 0 Å². The second-order valence-corrected chi connectivity index (χ2v) is 10.4. The molecule has 0 aliphatic carbocycles. The summed E-state index contributed by atoms with van der Waals surface area (Å²) in [6, 6.07) is 18.9. The molecule has 3 radical (unpaired) electrons. The molecule has 2 amide bonds. The first-order chi connectivity index (χ1) is 16.6. The van der Waals surface area contributed by atoms with Crippen LogP contribution in [0.25, 0.3) is 0 Å². The molecule has 0 heterocycles. The zero-order valence-electron chi connectivity index (χ0n) is 20.9. The number of nitrogens with one attached hydrogen (secondary N) is 1. The maximum atomic E-state index is 12.8. The summed E-state index contributed by atoms with van der Waals surface area (Å²) in [5.41, 5.74) is 3.93. The summed E-state index contributed by atoms with van der Waals surface area (Å²) < 4.78 is 0.0786. The molecule has 1 unspecified atom stereocenters. The Morgan fingerprint density at radius 1 is 0.857 bits per heavy atom. The molecule has 191 valence electrons. The number of nitrogens with zero attached hydrogens (tertiary/aromatic N) is 2. The minimum atomic E-state index is -0.529. The molecule has 35 heavy (non-hydrogen) atoms. The molecular weight excluding hydrogens is 507 g/mol. The van der Waals surface area contributed by atoms with E-state index in [9.17, 15) is 9.59 Å². The van der Waals surface area contributed by atoms with E-state index in [0.29, 0.717) is 31.6 Å². The maximum Gasteiger partial charge on any atom is 0.0558 e. The van der Waals surface area contributed by atoms with Gasteiger partial charge in [0.15, 0.2) is 0 Å². The molecule has 2 rings (SSSR count). The normalized spacial score (nSPS) is 11.9. The number of amides is 2. The summed E-state index contributed by atoms with van der Waals surface area (Å²) in [7, 11) is 0. The van der Waals surface area contributed by atoms with Crippen LogP contribution in [0.3, 0.4) is 0 Å². The van der Waals surface area contributed by atoms with Crippen molar-refractivity contribution >= 4 is 28.3 Å². The molecule has 2 aromatic carbocycles. The van der Waals surface area contributed by atoms with Crippen molar-refractivity contribution in [2.24, 2.45) is 0 Å². The Hall–Kier alpha value is -2.24. The molecule has 2 aromatic rings. The van der Waals surface area contributed by atoms with Crippen LogP contribution in [0.1, 0.15) is 47.9 Å². The first-order valence-electron chi connectivity index (χ1n) is 11.6. The average Bonchev–Trinajstić information content (AvgIpc) is 2.83. The predicted molar refractivity (Wildman–Crippen MR) is 138 cm³/mol. The van der Waals surface area contributed by atoms with Gasteiger partial charge in [-0.25, -0.2) is 0 Å². The number of carbonyl (C=O) groups excluding carboxylic acids is 2. The molecule has 0 bridgehead atoms. The third kappa shape index (κ3) is 11.8. The van der Waals surface area contributed by atoms with E-state index in [-0.39, 0.29) is 36.4 Å². The second kappa shape index (κ2) is 16.4. The zero-order chi connectivity index (χ0) is 26.3. The fraction of sp³-hybridized carbons (Fsp3) is 0.462. The Kier molecular flexibility index (Phi) is 14.5. The number of benzene rings is 2. The van der Waals surface area contributed by atoms with Crippen LogP contribution in [0.5, 0.6) is 0 Å². The predicted octanol–water partition coefficient (Wildman–Crippen LogP) is 1.52. The summed E-state index contributed by atoms with van der Waals surface area (Å²) >= 11 is 2.01. The quantitative estimate of drug-likeness (QED) is 0.266. The van der Waals surface area contributed by atoms with Crippen molar-refractivity contribution in [1.82, 2.24) is 15.3 Å². The number of rotatable bonds is 10. The van der Waals surface area contributed by atoms with E-state index >= 15 is 0 Å². The van der Waals surface area contributed by atoms with Crippen LogP contribution >= 0.6 is 0 Å². The Balaban J connectivity index is 0.000000518. The van der Waals surface area contributed by atoms with Crippen molar-refractivity contribution in [3.63, 3.8) is 0 Å². The van der Waals surface area contributed by atoms with Gasteiger partial charge in [-0.2, -0.15) is 0 Å². The topological polar surface area (TPSA) is 113 Å². The van der Waals surface area contributed by atoms with Gasteiger partial charge in [0.1, 0.15) is 0 Å². The number of hydrazine groups is 1. The number of carbonyl (C=O) groups is 2. The molecule has 4 N–H and O–H groups in total. The third-order valence-corrected chi connectivity index (χ3v) is 6.10. The summed E-state index contributed by atoms with van der Waals surface area (Å²) in [6.07, 6.45) is 0.318. The van der Waals surface area contributed by atoms with Crippen molar-refractivity contribution in [2.75, 3.05) is 39.5 Å². The molecule has 0 fully saturated rings. The van der Waals surface area contributed by atoms with Gasteiger partial charge in [0.2, 0.25) is 0 Å². The molecule has 0 spiro atoms. The molecule has 0 saturated heterocycles. The number of aliphatic hydroxyl groups is 3. The fourth-order valence-electron chi connectivity index (χ4n) is 3.15. The van der Waals surface area contributed by atoms with Crippen molar-refractivity contribution in [1.29, 1.82) is 0 Å². The van der Waals surface area contributed by atoms with Gasteiger partial charge >= 0.3 is 158 Å². The Bertz CT molecular complexity index is 848. The van der Waals surface area contributed by atoms with Crippen LogP contribution < -0.4 is 5.43 Å². The van der Waals surface area contributed by atoms with Gasteiger partial charge in [-0.15, -0.1) is 0 Å². The van der Waals surface area contributed by atoms with Crippen LogP contribution in [-0.2, 0) is 4.79 Å². The van der Waals surface area contributed by atoms with Gasteiger partial charge in [-0.05, 0) is 0 Å². The van der Waals surface area contributed by atoms with E-state index < -0.39 is 5.54 Å². The SMILES string of the molecule is CC(C)(C)N(NC(=O)C[CH]([Ge])c1ccccc1)C(=O)c1ccccc1.OCCN(CCO)CCO. The van der Waals surface area contributed by atoms with Gasteiger partial charge in [-0.3, -0.25) is 4.90 Å². The van der Waals surface area contributed by atoms with Gasteiger partial charge in [0.05, 0.1) is 19.8 Å². The van der Waals surface area contributed by atoms with E-state index in [1.165, 1.54) is 5.01 Å². The molecule has 0 aromatic heterocycles. The first kappa shape index (κ1) is 30.8. The summed E-state index contributed by atoms with van der Waals surface area (Å²) in [5.74, 6) is -0.385. The standard InChI is InChI=1S/C20H23GeN2O2.C6H15NO3/c1-20(2,3)23(19(25)16-12-8-5-9-13-16)22-18(24)14-17(21)15-10-6-4-7-11-15;8-4-1-7(2-5-9)3-6-10/h4-13,17H,14H2,1-3H3,(H,22,24);8-10H,1-6H2. The van der Waals surface area contributed by atoms with Crippen molar-refractivity contribution < 1.29 is 24.9 Å². The third-order valence-electron chi connectivity index (χ3n) is 4.97. The van der Waals surface area contributed by atoms with E-state index in [0.717, 1.165) is 5.56 Å².